The van der Waals surface area contributed by atoms with Crippen LogP contribution in [0.2, 0.25) is 5.28 Å². The van der Waals surface area contributed by atoms with Gasteiger partial charge in [0.05, 0.1) is 6.33 Å². The van der Waals surface area contributed by atoms with E-state index in [2.05, 4.69) is 25.6 Å². The molecule has 7 nitrogen and oxygen atoms in total. The van der Waals surface area contributed by atoms with Gasteiger partial charge in [-0.05, 0) is 23.7 Å². The fourth-order valence-electron chi connectivity index (χ4n) is 2.08. The van der Waals surface area contributed by atoms with Crippen molar-refractivity contribution in [3.8, 4) is 0 Å². The van der Waals surface area contributed by atoms with Gasteiger partial charge in [0, 0.05) is 12.7 Å². The maximum atomic E-state index is 12.1. The van der Waals surface area contributed by atoms with Crippen molar-refractivity contribution in [1.29, 1.82) is 0 Å². The molecule has 2 heterocycles. The lowest BCUT2D eigenvalue weighted by Gasteiger charge is -2.07. The number of aromatic nitrogens is 4. The van der Waals surface area contributed by atoms with E-state index in [9.17, 15) is 4.79 Å². The first kappa shape index (κ1) is 14.3. The molecular weight excluding hydrogens is 304 g/mol. The number of carbonyl (C=O) groups excluding carboxylic acids is 1. The van der Waals surface area contributed by atoms with E-state index in [1.165, 1.54) is 0 Å². The number of nitrogens with zero attached hydrogens (tertiary/aromatic N) is 4. The number of benzene rings is 1. The topological polar surface area (TPSA) is 84.7 Å². The second kappa shape index (κ2) is 5.98. The first-order valence-corrected chi connectivity index (χ1v) is 6.96. The Morgan fingerprint density at radius 3 is 2.77 bits per heavy atom. The maximum absolute atomic E-state index is 12.1. The number of fused-ring (bicyclic) bond motifs is 1. The predicted octanol–water partition coefficient (Wildman–Crippen LogP) is 2.16. The summed E-state index contributed by atoms with van der Waals surface area (Å²) >= 11 is 5.89. The van der Waals surface area contributed by atoms with Gasteiger partial charge in [-0.2, -0.15) is 9.97 Å². The Hall–Kier alpha value is -2.67. The number of nitrogens with one attached hydrogen (secondary N) is 2. The minimum atomic E-state index is -0.175. The summed E-state index contributed by atoms with van der Waals surface area (Å²) in [7, 11) is 1.72. The second-order valence-electron chi connectivity index (χ2n) is 4.55. The van der Waals surface area contributed by atoms with E-state index >= 15 is 0 Å². The van der Waals surface area contributed by atoms with Crippen molar-refractivity contribution >= 4 is 40.2 Å². The highest BCUT2D eigenvalue weighted by molar-refractivity contribution is 6.28. The molecule has 22 heavy (non-hydrogen) atoms. The van der Waals surface area contributed by atoms with Crippen molar-refractivity contribution in [3.63, 3.8) is 0 Å². The molecule has 0 spiro atoms. The van der Waals surface area contributed by atoms with Gasteiger partial charge in [-0.3, -0.25) is 4.79 Å². The zero-order valence-electron chi connectivity index (χ0n) is 11.7. The summed E-state index contributed by atoms with van der Waals surface area (Å²) in [4.78, 5) is 24.5. The molecule has 0 bridgehead atoms. The Balaban J connectivity index is 1.85. The van der Waals surface area contributed by atoms with Crippen LogP contribution >= 0.6 is 11.6 Å². The smallest absolute Gasteiger partial charge is 0.244 e. The van der Waals surface area contributed by atoms with Crippen LogP contribution in [-0.4, -0.2) is 32.5 Å². The van der Waals surface area contributed by atoms with E-state index in [0.29, 0.717) is 17.0 Å². The Kier molecular flexibility index (Phi) is 3.88. The van der Waals surface area contributed by atoms with Gasteiger partial charge in [-0.15, -0.1) is 0 Å². The van der Waals surface area contributed by atoms with E-state index in [4.69, 9.17) is 11.6 Å². The molecule has 112 valence electrons. The van der Waals surface area contributed by atoms with Gasteiger partial charge in [0.1, 0.15) is 6.54 Å². The normalized spacial score (nSPS) is 10.6. The average molecular weight is 317 g/mol. The van der Waals surface area contributed by atoms with Crippen molar-refractivity contribution in [1.82, 2.24) is 19.5 Å². The lowest BCUT2D eigenvalue weighted by atomic mass is 10.3. The van der Waals surface area contributed by atoms with Gasteiger partial charge in [0.25, 0.3) is 0 Å². The standard InChI is InChI=1S/C14H13ClN6O/c1-16-12-11-13(20-14(15)19-12)21(8-17-11)7-10(22)18-9-5-3-2-4-6-9/h2-6,8H,7H2,1H3,(H,18,22)(H,16,19,20). The third-order valence-corrected chi connectivity index (χ3v) is 3.21. The van der Waals surface area contributed by atoms with Crippen molar-refractivity contribution in [2.24, 2.45) is 0 Å². The minimum Gasteiger partial charge on any atom is -0.371 e. The molecule has 0 saturated carbocycles. The van der Waals surface area contributed by atoms with Gasteiger partial charge in [-0.25, -0.2) is 4.98 Å². The predicted molar refractivity (Wildman–Crippen MR) is 85.0 cm³/mol. The summed E-state index contributed by atoms with van der Waals surface area (Å²) in [6.45, 7) is 0.0852. The third-order valence-electron chi connectivity index (χ3n) is 3.04. The van der Waals surface area contributed by atoms with Crippen molar-refractivity contribution in [3.05, 3.63) is 41.9 Å². The maximum Gasteiger partial charge on any atom is 0.244 e. The molecular formula is C14H13ClN6O. The molecule has 0 aliphatic heterocycles. The summed E-state index contributed by atoms with van der Waals surface area (Å²) in [5, 5.41) is 5.81. The van der Waals surface area contributed by atoms with Crippen LogP contribution in [0.25, 0.3) is 11.2 Å². The van der Waals surface area contributed by atoms with Crippen molar-refractivity contribution in [2.75, 3.05) is 17.7 Å². The van der Waals surface area contributed by atoms with Crippen LogP contribution < -0.4 is 10.6 Å². The molecule has 0 aliphatic carbocycles. The summed E-state index contributed by atoms with van der Waals surface area (Å²) in [6.07, 6.45) is 1.54. The highest BCUT2D eigenvalue weighted by Crippen LogP contribution is 2.20. The Morgan fingerprint density at radius 2 is 2.05 bits per heavy atom. The Bertz CT molecular complexity index is 817. The molecule has 8 heteroatoms. The van der Waals surface area contributed by atoms with Gasteiger partial charge in [-0.1, -0.05) is 18.2 Å². The van der Waals surface area contributed by atoms with E-state index in [-0.39, 0.29) is 17.7 Å². The molecule has 1 aromatic carbocycles. The van der Waals surface area contributed by atoms with E-state index in [1.54, 1.807) is 17.9 Å². The van der Waals surface area contributed by atoms with Crippen LogP contribution in [0.4, 0.5) is 11.5 Å². The molecule has 0 saturated heterocycles. The summed E-state index contributed by atoms with van der Waals surface area (Å²) < 4.78 is 1.63. The average Bonchev–Trinajstić information content (AvgIpc) is 2.90. The molecule has 3 aromatic rings. The van der Waals surface area contributed by atoms with Crippen LogP contribution in [0, 0.1) is 0 Å². The first-order valence-electron chi connectivity index (χ1n) is 6.58. The van der Waals surface area contributed by atoms with Crippen molar-refractivity contribution < 1.29 is 4.79 Å². The SMILES string of the molecule is CNc1nc(Cl)nc2c1ncn2CC(=O)Nc1ccccc1. The lowest BCUT2D eigenvalue weighted by Crippen LogP contribution is -2.18. The summed E-state index contributed by atoms with van der Waals surface area (Å²) in [5.74, 6) is 0.350. The molecule has 0 fully saturated rings. The van der Waals surface area contributed by atoms with Crippen LogP contribution in [0.1, 0.15) is 0 Å². The molecule has 2 aromatic heterocycles. The molecule has 1 amide bonds. The van der Waals surface area contributed by atoms with Gasteiger partial charge < -0.3 is 15.2 Å². The van der Waals surface area contributed by atoms with Gasteiger partial charge in [0.2, 0.25) is 11.2 Å². The Labute approximate surface area is 131 Å². The first-order chi connectivity index (χ1) is 10.7. The molecule has 0 atom stereocenters. The molecule has 0 aliphatic rings. The van der Waals surface area contributed by atoms with Crippen LogP contribution in [0.15, 0.2) is 36.7 Å². The van der Waals surface area contributed by atoms with Crippen LogP contribution in [0.5, 0.6) is 0 Å². The summed E-state index contributed by atoms with van der Waals surface area (Å²) in [5.41, 5.74) is 1.81. The van der Waals surface area contributed by atoms with Gasteiger partial charge >= 0.3 is 0 Å². The number of carbonyl (C=O) groups is 1. The third kappa shape index (κ3) is 2.84. The summed E-state index contributed by atoms with van der Waals surface area (Å²) in [6, 6.07) is 9.24. The molecule has 0 radical (unpaired) electrons. The molecule has 0 unspecified atom stereocenters. The quantitative estimate of drug-likeness (QED) is 0.720. The number of amides is 1. The monoisotopic (exact) mass is 316 g/mol. The number of para-hydroxylation sites is 1. The van der Waals surface area contributed by atoms with Crippen LogP contribution in [-0.2, 0) is 11.3 Å². The number of hydrogen-bond donors (Lipinski definition) is 2. The van der Waals surface area contributed by atoms with E-state index in [0.717, 1.165) is 5.69 Å². The lowest BCUT2D eigenvalue weighted by molar-refractivity contribution is -0.116. The number of hydrogen-bond acceptors (Lipinski definition) is 5. The highest BCUT2D eigenvalue weighted by atomic mass is 35.5. The minimum absolute atomic E-state index is 0.0852. The van der Waals surface area contributed by atoms with Crippen LogP contribution in [0.3, 0.4) is 0 Å². The van der Waals surface area contributed by atoms with E-state index < -0.39 is 0 Å². The number of anilines is 2. The largest absolute Gasteiger partial charge is 0.371 e. The molecule has 3 rings (SSSR count). The molecule has 2 N–H and O–H groups in total. The van der Waals surface area contributed by atoms with Gasteiger partial charge in [0.15, 0.2) is 17.0 Å². The second-order valence-corrected chi connectivity index (χ2v) is 4.89. The fraction of sp³-hybridized carbons (Fsp3) is 0.143. The Morgan fingerprint density at radius 1 is 1.27 bits per heavy atom. The van der Waals surface area contributed by atoms with E-state index in [1.807, 2.05) is 30.3 Å². The highest BCUT2D eigenvalue weighted by Gasteiger charge is 2.13. The number of rotatable bonds is 4. The number of halogens is 1. The zero-order valence-corrected chi connectivity index (χ0v) is 12.5. The zero-order chi connectivity index (χ0) is 15.5. The number of imidazole rings is 1. The fourth-order valence-corrected chi connectivity index (χ4v) is 2.25. The van der Waals surface area contributed by atoms with Crippen molar-refractivity contribution in [2.45, 2.75) is 6.54 Å².